The third kappa shape index (κ3) is 6.42. The van der Waals surface area contributed by atoms with Crippen LogP contribution in [0.25, 0.3) is 0 Å². The molecule has 0 saturated heterocycles. The largest absolute Gasteiger partial charge is 0.357 e. The van der Waals surface area contributed by atoms with Crippen molar-refractivity contribution in [3.63, 3.8) is 0 Å². The highest BCUT2D eigenvalue weighted by atomic mass is 128. The van der Waals surface area contributed by atoms with Crippen LogP contribution < -0.4 is 31.7 Å². The molecule has 4 rings (SSSR count). The second kappa shape index (κ2) is 11.0. The second-order valence-electron chi connectivity index (χ2n) is 11.6. The number of hydrogen-bond donors (Lipinski definition) is 0. The van der Waals surface area contributed by atoms with Gasteiger partial charge in [-0.1, -0.05) is 101 Å². The third-order valence-electron chi connectivity index (χ3n) is 6.35. The third-order valence-corrected chi connectivity index (χ3v) is 32.5. The number of aryl methyl sites for hydroxylation is 2. The zero-order valence-electron chi connectivity index (χ0n) is 23.0. The van der Waals surface area contributed by atoms with E-state index in [9.17, 15) is 0 Å². The van der Waals surface area contributed by atoms with Crippen LogP contribution in [0.4, 0.5) is 0 Å². The lowest BCUT2D eigenvalue weighted by Crippen LogP contribution is -4.47. The molecule has 0 atom stereocenters. The minimum atomic E-state index is -1.79. The topological polar surface area (TPSA) is 0 Å². The Labute approximate surface area is 229 Å². The Morgan fingerprint density at radius 2 is 0.583 bits per heavy atom. The number of hydrogen-bond acceptors (Lipinski definition) is 0. The highest BCUT2D eigenvalue weighted by Gasteiger charge is 2.53. The van der Waals surface area contributed by atoms with E-state index in [1.54, 1.807) is 14.3 Å². The molecule has 188 valence electrons. The summed E-state index contributed by atoms with van der Waals surface area (Å²) in [5.74, 6) is 0. The molecule has 0 saturated carbocycles. The van der Waals surface area contributed by atoms with E-state index in [0.29, 0.717) is 0 Å². The standard InChI is InChI=1S/C34H40I2/c1-25-9-17-29(18-10-25)35(30-19-11-26(2)12-20-30)36(31-21-13-27(14-22-31)33(3,4)5)32-23-15-28(16-24-32)34(6,7)8/h9-24H,1-8H3/q+2. The Morgan fingerprint density at radius 1 is 0.361 bits per heavy atom. The summed E-state index contributed by atoms with van der Waals surface area (Å²) in [6.45, 7) is 18.2. The minimum absolute atomic E-state index is 0.165. The number of rotatable bonds is 5. The van der Waals surface area contributed by atoms with Crippen molar-refractivity contribution < 1.29 is 31.7 Å². The zero-order valence-corrected chi connectivity index (χ0v) is 27.3. The molecular weight excluding hydrogens is 662 g/mol. The molecule has 0 aromatic heterocycles. The Kier molecular flexibility index (Phi) is 8.35. The molecule has 0 nitrogen and oxygen atoms in total. The van der Waals surface area contributed by atoms with Crippen molar-refractivity contribution in [1.82, 2.24) is 0 Å². The maximum atomic E-state index is 2.47. The lowest BCUT2D eigenvalue weighted by atomic mass is 9.87. The van der Waals surface area contributed by atoms with Crippen molar-refractivity contribution in [2.24, 2.45) is 0 Å². The summed E-state index contributed by atoms with van der Waals surface area (Å²) in [5, 5.41) is 0. The quantitative estimate of drug-likeness (QED) is 0.281. The first-order chi connectivity index (χ1) is 16.9. The van der Waals surface area contributed by atoms with Crippen LogP contribution in [-0.4, -0.2) is 0 Å². The van der Waals surface area contributed by atoms with Gasteiger partial charge in [-0.2, -0.15) is 0 Å². The van der Waals surface area contributed by atoms with Crippen LogP contribution in [0.15, 0.2) is 97.1 Å². The monoisotopic (exact) mass is 702 g/mol. The summed E-state index contributed by atoms with van der Waals surface area (Å²) in [5.41, 5.74) is 5.83. The fourth-order valence-corrected chi connectivity index (χ4v) is 31.2. The van der Waals surface area contributed by atoms with Crippen molar-refractivity contribution in [1.29, 1.82) is 0 Å². The first kappa shape index (κ1) is 27.4. The molecule has 0 unspecified atom stereocenters. The fraction of sp³-hybridized carbons (Fsp3) is 0.294. The minimum Gasteiger partial charge on any atom is -0.0561 e. The van der Waals surface area contributed by atoms with E-state index in [1.807, 2.05) is 0 Å². The molecule has 4 aromatic carbocycles. The van der Waals surface area contributed by atoms with Gasteiger partial charge in [0.15, 0.2) is 14.3 Å². The van der Waals surface area contributed by atoms with Crippen LogP contribution in [0.5, 0.6) is 0 Å². The normalized spacial score (nSPS) is 12.4. The second-order valence-corrected chi connectivity index (χ2v) is 30.2. The van der Waals surface area contributed by atoms with E-state index in [0.717, 1.165) is 0 Å². The van der Waals surface area contributed by atoms with Gasteiger partial charge < -0.3 is 0 Å². The van der Waals surface area contributed by atoms with Gasteiger partial charge in [-0.25, -0.2) is 0 Å². The van der Waals surface area contributed by atoms with E-state index < -0.39 is 31.7 Å². The first-order valence-corrected chi connectivity index (χ1v) is 23.3. The predicted molar refractivity (Wildman–Crippen MR) is 147 cm³/mol. The van der Waals surface area contributed by atoms with Crippen LogP contribution in [0, 0.1) is 28.1 Å². The summed E-state index contributed by atoms with van der Waals surface area (Å²) in [6.07, 6.45) is 0. The van der Waals surface area contributed by atoms with Crippen LogP contribution in [0.2, 0.25) is 0 Å². The zero-order chi connectivity index (χ0) is 26.1. The van der Waals surface area contributed by atoms with Gasteiger partial charge in [-0.05, 0) is 84.3 Å². The van der Waals surface area contributed by atoms with Crippen molar-refractivity contribution >= 4 is 0 Å². The lowest BCUT2D eigenvalue weighted by molar-refractivity contribution is -1.47. The highest BCUT2D eigenvalue weighted by molar-refractivity contribution is 5.24. The molecule has 0 spiro atoms. The van der Waals surface area contributed by atoms with Crippen molar-refractivity contribution in [3.8, 4) is 0 Å². The van der Waals surface area contributed by atoms with Crippen LogP contribution >= 0.6 is 0 Å². The fourth-order valence-electron chi connectivity index (χ4n) is 3.99. The maximum Gasteiger partial charge on any atom is 0.357 e. The molecule has 2 heteroatoms. The van der Waals surface area contributed by atoms with Crippen LogP contribution in [0.1, 0.15) is 63.8 Å². The molecule has 0 fully saturated rings. The summed E-state index contributed by atoms with van der Waals surface area (Å²) < 4.78 is 6.33. The average Bonchev–Trinajstić information content (AvgIpc) is 2.83. The molecule has 4 aromatic rings. The molecule has 0 aliphatic heterocycles. The van der Waals surface area contributed by atoms with E-state index in [-0.39, 0.29) is 10.8 Å². The smallest absolute Gasteiger partial charge is 0.0561 e. The highest BCUT2D eigenvalue weighted by Crippen LogP contribution is 2.22. The molecule has 0 heterocycles. The average molecular weight is 703 g/mol. The number of benzene rings is 4. The maximum absolute atomic E-state index is 2.47. The van der Waals surface area contributed by atoms with Gasteiger partial charge in [-0.15, -0.1) is 0 Å². The molecule has 2 radical (unpaired) electrons. The van der Waals surface area contributed by atoms with Crippen molar-refractivity contribution in [2.45, 2.75) is 66.2 Å². The lowest BCUT2D eigenvalue weighted by Gasteiger charge is -2.19. The van der Waals surface area contributed by atoms with E-state index in [4.69, 9.17) is 0 Å². The molecule has 0 bridgehead atoms. The van der Waals surface area contributed by atoms with Crippen LogP contribution in [0.3, 0.4) is 0 Å². The van der Waals surface area contributed by atoms with E-state index >= 15 is 0 Å². The van der Waals surface area contributed by atoms with Crippen molar-refractivity contribution in [2.75, 3.05) is 0 Å². The van der Waals surface area contributed by atoms with Gasteiger partial charge in [0, 0.05) is 0 Å². The van der Waals surface area contributed by atoms with Crippen LogP contribution in [-0.2, 0) is 10.8 Å². The SMILES string of the molecule is Cc1ccc([I+](c2ccc(C)cc2)[I+](c2ccc(C(C)(C)C)cc2)c2ccc(C(C)(C)C)cc2)cc1. The predicted octanol–water partition coefficient (Wildman–Crippen LogP) is 2.84. The van der Waals surface area contributed by atoms with E-state index in [2.05, 4.69) is 152 Å². The molecule has 36 heavy (non-hydrogen) atoms. The molecule has 0 amide bonds. The Hall–Kier alpha value is -1.66. The Bertz CT molecular complexity index is 1170. The summed E-state index contributed by atoms with van der Waals surface area (Å²) in [6, 6.07) is 38.4. The van der Waals surface area contributed by atoms with Gasteiger partial charge in [-0.3, -0.25) is 0 Å². The van der Waals surface area contributed by atoms with Crippen molar-refractivity contribution in [3.05, 3.63) is 134 Å². The van der Waals surface area contributed by atoms with Gasteiger partial charge in [0.2, 0.25) is 0 Å². The molecular formula is C34H40I2+2. The first-order valence-electron chi connectivity index (χ1n) is 12.7. The molecule has 0 aliphatic carbocycles. The summed E-state index contributed by atoms with van der Waals surface area (Å²) >= 11 is -3.55. The van der Waals surface area contributed by atoms with Gasteiger partial charge in [0.25, 0.3) is 0 Å². The van der Waals surface area contributed by atoms with E-state index in [1.165, 1.54) is 22.3 Å². The Balaban J connectivity index is 1.92. The van der Waals surface area contributed by atoms with Gasteiger partial charge in [0.1, 0.15) is 0 Å². The molecule has 0 aliphatic rings. The summed E-state index contributed by atoms with van der Waals surface area (Å²) in [4.78, 5) is 0. The number of halogens is 2. The molecule has 0 N–H and O–H groups in total. The Morgan fingerprint density at radius 3 is 0.806 bits per heavy atom. The van der Waals surface area contributed by atoms with Gasteiger partial charge in [0.05, 0.1) is 0 Å². The van der Waals surface area contributed by atoms with Gasteiger partial charge >= 0.3 is 31.7 Å². The summed E-state index contributed by atoms with van der Waals surface area (Å²) in [7, 11) is 0.